The third-order valence-corrected chi connectivity index (χ3v) is 4.10. The van der Waals surface area contributed by atoms with Crippen molar-refractivity contribution in [1.82, 2.24) is 19.7 Å². The van der Waals surface area contributed by atoms with Crippen LogP contribution >= 0.6 is 0 Å². The predicted octanol–water partition coefficient (Wildman–Crippen LogP) is 3.09. The lowest BCUT2D eigenvalue weighted by Crippen LogP contribution is -2.24. The number of aromatic amines is 1. The summed E-state index contributed by atoms with van der Waals surface area (Å²) in [5.74, 6) is 0.635. The molecule has 6 nitrogen and oxygen atoms in total. The highest BCUT2D eigenvalue weighted by Gasteiger charge is 2.17. The highest BCUT2D eigenvalue weighted by atomic mass is 16.3. The molecule has 0 amide bonds. The number of nitrogens with one attached hydrogen (secondary N) is 1. The Morgan fingerprint density at radius 2 is 2.04 bits per heavy atom. The molecule has 2 heterocycles. The summed E-state index contributed by atoms with van der Waals surface area (Å²) in [6.07, 6.45) is 1.73. The largest absolute Gasteiger partial charge is 0.507 e. The molecule has 0 saturated carbocycles. The first-order valence-corrected chi connectivity index (χ1v) is 7.74. The zero-order chi connectivity index (χ0) is 16.8. The van der Waals surface area contributed by atoms with Crippen LogP contribution in [-0.4, -0.2) is 24.9 Å². The second-order valence-electron chi connectivity index (χ2n) is 6.08. The van der Waals surface area contributed by atoms with Gasteiger partial charge < -0.3 is 5.11 Å². The minimum Gasteiger partial charge on any atom is -0.507 e. The lowest BCUT2D eigenvalue weighted by atomic mass is 10.1. The van der Waals surface area contributed by atoms with Gasteiger partial charge in [-0.2, -0.15) is 5.10 Å². The van der Waals surface area contributed by atoms with Gasteiger partial charge in [-0.15, -0.1) is 0 Å². The number of hydrogen-bond donors (Lipinski definition) is 2. The highest BCUT2D eigenvalue weighted by molar-refractivity contribution is 5.85. The second kappa shape index (κ2) is 5.19. The average molecular weight is 320 g/mol. The molecule has 2 aromatic carbocycles. The van der Waals surface area contributed by atoms with Crippen LogP contribution in [0.3, 0.4) is 0 Å². The molecule has 0 saturated heterocycles. The van der Waals surface area contributed by atoms with E-state index in [9.17, 15) is 9.90 Å². The van der Waals surface area contributed by atoms with E-state index in [1.165, 1.54) is 6.07 Å². The number of aromatic nitrogens is 4. The van der Waals surface area contributed by atoms with Gasteiger partial charge in [0.2, 0.25) is 0 Å². The normalized spacial score (nSPS) is 11.6. The van der Waals surface area contributed by atoms with E-state index in [-0.39, 0.29) is 22.6 Å². The Morgan fingerprint density at radius 3 is 2.83 bits per heavy atom. The average Bonchev–Trinajstić information content (AvgIpc) is 3.02. The van der Waals surface area contributed by atoms with Crippen molar-refractivity contribution >= 4 is 21.8 Å². The fourth-order valence-corrected chi connectivity index (χ4v) is 2.93. The van der Waals surface area contributed by atoms with E-state index in [0.29, 0.717) is 17.0 Å². The third-order valence-electron chi connectivity index (χ3n) is 4.10. The van der Waals surface area contributed by atoms with Gasteiger partial charge in [0.05, 0.1) is 22.9 Å². The van der Waals surface area contributed by atoms with E-state index >= 15 is 0 Å². The quantitative estimate of drug-likeness (QED) is 0.594. The molecule has 0 fully saturated rings. The van der Waals surface area contributed by atoms with E-state index < -0.39 is 0 Å². The van der Waals surface area contributed by atoms with Crippen molar-refractivity contribution in [2.75, 3.05) is 0 Å². The molecule has 2 N–H and O–H groups in total. The lowest BCUT2D eigenvalue weighted by Gasteiger charge is -2.16. The summed E-state index contributed by atoms with van der Waals surface area (Å²) in [4.78, 5) is 17.7. The molecule has 0 atom stereocenters. The van der Waals surface area contributed by atoms with Crippen LogP contribution in [0.15, 0.2) is 47.4 Å². The van der Waals surface area contributed by atoms with Crippen molar-refractivity contribution < 1.29 is 5.11 Å². The van der Waals surface area contributed by atoms with Crippen molar-refractivity contribution in [3.05, 3.63) is 58.8 Å². The monoisotopic (exact) mass is 320 g/mol. The van der Waals surface area contributed by atoms with Crippen LogP contribution in [0.5, 0.6) is 5.75 Å². The molecule has 0 spiro atoms. The number of phenols is 1. The van der Waals surface area contributed by atoms with Gasteiger partial charge in [-0.25, -0.2) is 4.98 Å². The number of H-pyrrole nitrogens is 1. The van der Waals surface area contributed by atoms with Crippen LogP contribution in [0.1, 0.15) is 25.6 Å². The van der Waals surface area contributed by atoms with Gasteiger partial charge in [-0.05, 0) is 30.3 Å². The third kappa shape index (κ3) is 2.07. The van der Waals surface area contributed by atoms with Crippen LogP contribution in [0.2, 0.25) is 0 Å². The van der Waals surface area contributed by atoms with Crippen molar-refractivity contribution in [2.45, 2.75) is 19.8 Å². The molecule has 0 aliphatic carbocycles. The molecule has 0 unspecified atom stereocenters. The van der Waals surface area contributed by atoms with Gasteiger partial charge in [0.1, 0.15) is 17.0 Å². The zero-order valence-electron chi connectivity index (χ0n) is 13.3. The fourth-order valence-electron chi connectivity index (χ4n) is 2.93. The molecule has 4 rings (SSSR count). The fraction of sp³-hybridized carbons (Fsp3) is 0.167. The Labute approximate surface area is 137 Å². The summed E-state index contributed by atoms with van der Waals surface area (Å²) in [5.41, 5.74) is 1.76. The van der Waals surface area contributed by atoms with Crippen molar-refractivity contribution in [1.29, 1.82) is 0 Å². The molecule has 4 aromatic rings. The Kier molecular flexibility index (Phi) is 3.13. The Morgan fingerprint density at radius 1 is 1.21 bits per heavy atom. The summed E-state index contributed by atoms with van der Waals surface area (Å²) < 4.78 is 1.56. The van der Waals surface area contributed by atoms with Crippen LogP contribution < -0.4 is 5.56 Å². The first-order valence-electron chi connectivity index (χ1n) is 7.74. The molecule has 24 heavy (non-hydrogen) atoms. The summed E-state index contributed by atoms with van der Waals surface area (Å²) in [5, 5.41) is 18.2. The number of rotatable bonds is 2. The van der Waals surface area contributed by atoms with E-state index in [2.05, 4.69) is 15.2 Å². The lowest BCUT2D eigenvalue weighted by molar-refractivity contribution is 0.480. The Hall–Kier alpha value is -3.15. The SMILES string of the molecule is CC(C)c1nc2cccc(O)c2c(=O)n1-c1ccc2cn[nH]c2c1. The van der Waals surface area contributed by atoms with Gasteiger partial charge in [-0.1, -0.05) is 19.9 Å². The predicted molar refractivity (Wildman–Crippen MR) is 92.7 cm³/mol. The van der Waals surface area contributed by atoms with Crippen LogP contribution in [-0.2, 0) is 0 Å². The van der Waals surface area contributed by atoms with Crippen molar-refractivity contribution in [2.24, 2.45) is 0 Å². The topological polar surface area (TPSA) is 83.8 Å². The molecule has 0 aliphatic rings. The summed E-state index contributed by atoms with van der Waals surface area (Å²) in [7, 11) is 0. The number of fused-ring (bicyclic) bond motifs is 2. The first-order chi connectivity index (χ1) is 11.6. The maximum absolute atomic E-state index is 13.1. The number of aromatic hydroxyl groups is 1. The minimum absolute atomic E-state index is 0.0434. The Balaban J connectivity index is 2.12. The van der Waals surface area contributed by atoms with Crippen LogP contribution in [0, 0.1) is 0 Å². The first kappa shape index (κ1) is 14.4. The zero-order valence-corrected chi connectivity index (χ0v) is 13.3. The van der Waals surface area contributed by atoms with Crippen molar-refractivity contribution in [3.63, 3.8) is 0 Å². The summed E-state index contributed by atoms with van der Waals surface area (Å²) in [6, 6.07) is 10.6. The summed E-state index contributed by atoms with van der Waals surface area (Å²) in [6.45, 7) is 3.98. The smallest absolute Gasteiger partial charge is 0.269 e. The van der Waals surface area contributed by atoms with E-state index in [4.69, 9.17) is 0 Å². The molecule has 0 bridgehead atoms. The Bertz CT molecular complexity index is 1120. The number of hydrogen-bond acceptors (Lipinski definition) is 4. The van der Waals surface area contributed by atoms with Gasteiger partial charge in [-0.3, -0.25) is 14.5 Å². The minimum atomic E-state index is -0.277. The molecule has 120 valence electrons. The van der Waals surface area contributed by atoms with E-state index in [0.717, 1.165) is 10.9 Å². The molecular formula is C18H16N4O2. The number of nitrogens with zero attached hydrogens (tertiary/aromatic N) is 3. The number of benzene rings is 2. The van der Waals surface area contributed by atoms with Crippen LogP contribution in [0.4, 0.5) is 0 Å². The maximum Gasteiger partial charge on any atom is 0.269 e. The van der Waals surface area contributed by atoms with Gasteiger partial charge >= 0.3 is 0 Å². The molecule has 6 heteroatoms. The van der Waals surface area contributed by atoms with Gasteiger partial charge in [0.25, 0.3) is 5.56 Å². The molecule has 0 aliphatic heterocycles. The van der Waals surface area contributed by atoms with E-state index in [1.54, 1.807) is 22.9 Å². The van der Waals surface area contributed by atoms with Crippen molar-refractivity contribution in [3.8, 4) is 11.4 Å². The van der Waals surface area contributed by atoms with Gasteiger partial charge in [0.15, 0.2) is 0 Å². The second-order valence-corrected chi connectivity index (χ2v) is 6.08. The summed E-state index contributed by atoms with van der Waals surface area (Å²) >= 11 is 0. The van der Waals surface area contributed by atoms with Gasteiger partial charge in [0, 0.05) is 11.3 Å². The number of phenolic OH excluding ortho intramolecular Hbond substituents is 1. The molecule has 2 aromatic heterocycles. The molecular weight excluding hydrogens is 304 g/mol. The highest BCUT2D eigenvalue weighted by Crippen LogP contribution is 2.24. The molecule has 0 radical (unpaired) electrons. The standard InChI is InChI=1S/C18H16N4O2/c1-10(2)17-20-13-4-3-5-15(23)16(13)18(24)22(17)12-7-6-11-9-19-21-14(11)8-12/h3-10,23H,1-2H3,(H,19,21). The van der Waals surface area contributed by atoms with E-state index in [1.807, 2.05) is 32.0 Å². The van der Waals surface area contributed by atoms with Crippen LogP contribution in [0.25, 0.3) is 27.5 Å². The maximum atomic E-state index is 13.1.